The molecule has 1 N–H and O–H groups in total. The number of aryl methyl sites for hydroxylation is 1. The van der Waals surface area contributed by atoms with Crippen molar-refractivity contribution in [3.8, 4) is 0 Å². The highest BCUT2D eigenvalue weighted by molar-refractivity contribution is 5.26. The summed E-state index contributed by atoms with van der Waals surface area (Å²) < 4.78 is 1.77. The number of nitrogens with one attached hydrogen (secondary N) is 1. The third-order valence-corrected chi connectivity index (χ3v) is 4.09. The standard InChI is InChI=1S/C17H26N4/c1-5-11-18-16(12-15-13-21(4)20-19-15)17(2,3)14-9-7-6-8-10-14/h6-10,13,16,18H,5,11-12H2,1-4H3. The maximum absolute atomic E-state index is 4.24. The van der Waals surface area contributed by atoms with Crippen LogP contribution in [-0.4, -0.2) is 27.6 Å². The van der Waals surface area contributed by atoms with Crippen LogP contribution in [0.1, 0.15) is 38.4 Å². The van der Waals surface area contributed by atoms with E-state index >= 15 is 0 Å². The maximum Gasteiger partial charge on any atom is 0.0842 e. The summed E-state index contributed by atoms with van der Waals surface area (Å²) in [6, 6.07) is 11.0. The number of benzene rings is 1. The first-order valence-electron chi connectivity index (χ1n) is 7.68. The molecule has 0 radical (unpaired) electrons. The molecular formula is C17H26N4. The molecule has 1 aromatic heterocycles. The molecular weight excluding hydrogens is 260 g/mol. The van der Waals surface area contributed by atoms with Gasteiger partial charge < -0.3 is 5.32 Å². The number of hydrogen-bond donors (Lipinski definition) is 1. The van der Waals surface area contributed by atoms with Gasteiger partial charge >= 0.3 is 0 Å². The van der Waals surface area contributed by atoms with Gasteiger partial charge in [0.15, 0.2) is 0 Å². The van der Waals surface area contributed by atoms with Gasteiger partial charge in [-0.05, 0) is 18.5 Å². The highest BCUT2D eigenvalue weighted by Gasteiger charge is 2.31. The molecule has 1 atom stereocenters. The van der Waals surface area contributed by atoms with Crippen LogP contribution in [-0.2, 0) is 18.9 Å². The van der Waals surface area contributed by atoms with Gasteiger partial charge in [-0.2, -0.15) is 0 Å². The third kappa shape index (κ3) is 3.91. The van der Waals surface area contributed by atoms with Crippen LogP contribution < -0.4 is 5.32 Å². The summed E-state index contributed by atoms with van der Waals surface area (Å²) in [6.07, 6.45) is 4.01. The van der Waals surface area contributed by atoms with Crippen LogP contribution in [0.5, 0.6) is 0 Å². The van der Waals surface area contributed by atoms with Gasteiger partial charge in [-0.3, -0.25) is 4.68 Å². The maximum atomic E-state index is 4.24. The van der Waals surface area contributed by atoms with Crippen LogP contribution in [0, 0.1) is 0 Å². The lowest BCUT2D eigenvalue weighted by atomic mass is 9.76. The zero-order valence-electron chi connectivity index (χ0n) is 13.5. The largest absolute Gasteiger partial charge is 0.313 e. The molecule has 114 valence electrons. The van der Waals surface area contributed by atoms with E-state index in [0.29, 0.717) is 6.04 Å². The van der Waals surface area contributed by atoms with Gasteiger partial charge in [-0.1, -0.05) is 56.3 Å². The molecule has 2 aromatic rings. The fourth-order valence-electron chi connectivity index (χ4n) is 2.67. The molecule has 0 saturated heterocycles. The van der Waals surface area contributed by atoms with Crippen molar-refractivity contribution in [1.29, 1.82) is 0 Å². The molecule has 21 heavy (non-hydrogen) atoms. The van der Waals surface area contributed by atoms with Gasteiger partial charge in [0.25, 0.3) is 0 Å². The van der Waals surface area contributed by atoms with Crippen LogP contribution in [0.25, 0.3) is 0 Å². The third-order valence-electron chi connectivity index (χ3n) is 4.09. The zero-order valence-corrected chi connectivity index (χ0v) is 13.5. The summed E-state index contributed by atoms with van der Waals surface area (Å²) in [5, 5.41) is 12.0. The molecule has 1 heterocycles. The van der Waals surface area contributed by atoms with Gasteiger partial charge in [0, 0.05) is 31.1 Å². The van der Waals surface area contributed by atoms with Gasteiger partial charge in [0.05, 0.1) is 5.69 Å². The van der Waals surface area contributed by atoms with E-state index in [-0.39, 0.29) is 5.41 Å². The number of hydrogen-bond acceptors (Lipinski definition) is 3. The molecule has 0 aliphatic heterocycles. The summed E-state index contributed by atoms with van der Waals surface area (Å²) in [5.74, 6) is 0. The molecule has 0 saturated carbocycles. The summed E-state index contributed by atoms with van der Waals surface area (Å²) in [5.41, 5.74) is 2.42. The van der Waals surface area contributed by atoms with Crippen molar-refractivity contribution in [2.24, 2.45) is 7.05 Å². The van der Waals surface area contributed by atoms with Crippen LogP contribution in [0.15, 0.2) is 36.5 Å². The molecule has 1 unspecified atom stereocenters. The lowest BCUT2D eigenvalue weighted by Crippen LogP contribution is -2.46. The second-order valence-corrected chi connectivity index (χ2v) is 6.18. The molecule has 0 aliphatic rings. The lowest BCUT2D eigenvalue weighted by molar-refractivity contribution is 0.335. The first-order valence-corrected chi connectivity index (χ1v) is 7.68. The molecule has 2 rings (SSSR count). The Balaban J connectivity index is 2.21. The summed E-state index contributed by atoms with van der Waals surface area (Å²) >= 11 is 0. The van der Waals surface area contributed by atoms with Crippen LogP contribution in [0.2, 0.25) is 0 Å². The van der Waals surface area contributed by atoms with Crippen molar-refractivity contribution in [2.45, 2.75) is 45.1 Å². The Hall–Kier alpha value is -1.68. The number of nitrogens with zero attached hydrogens (tertiary/aromatic N) is 3. The summed E-state index contributed by atoms with van der Waals surface area (Å²) in [7, 11) is 1.91. The minimum atomic E-state index is 0.0357. The van der Waals surface area contributed by atoms with E-state index in [4.69, 9.17) is 0 Å². The SMILES string of the molecule is CCCNC(Cc1cn(C)nn1)C(C)(C)c1ccccc1. The van der Waals surface area contributed by atoms with Crippen LogP contribution >= 0.6 is 0 Å². The minimum Gasteiger partial charge on any atom is -0.313 e. The van der Waals surface area contributed by atoms with Gasteiger partial charge in [0.1, 0.15) is 0 Å². The van der Waals surface area contributed by atoms with E-state index in [1.165, 1.54) is 5.56 Å². The normalized spacial score (nSPS) is 13.3. The molecule has 0 amide bonds. The highest BCUT2D eigenvalue weighted by Crippen LogP contribution is 2.28. The average molecular weight is 286 g/mol. The van der Waals surface area contributed by atoms with E-state index in [1.54, 1.807) is 4.68 Å². The minimum absolute atomic E-state index is 0.0357. The van der Waals surface area contributed by atoms with Crippen molar-refractivity contribution >= 4 is 0 Å². The first-order chi connectivity index (χ1) is 10.0. The molecule has 0 fully saturated rings. The van der Waals surface area contributed by atoms with Gasteiger partial charge in [-0.15, -0.1) is 5.10 Å². The smallest absolute Gasteiger partial charge is 0.0842 e. The second kappa shape index (κ2) is 6.85. The molecule has 4 heteroatoms. The average Bonchev–Trinajstić information content (AvgIpc) is 2.89. The molecule has 0 bridgehead atoms. The van der Waals surface area contributed by atoms with Crippen LogP contribution in [0.3, 0.4) is 0 Å². The fourth-order valence-corrected chi connectivity index (χ4v) is 2.67. The van der Waals surface area contributed by atoms with Crippen molar-refractivity contribution in [3.05, 3.63) is 47.8 Å². The van der Waals surface area contributed by atoms with Crippen LogP contribution in [0.4, 0.5) is 0 Å². The number of rotatable bonds is 7. The van der Waals surface area contributed by atoms with E-state index in [0.717, 1.165) is 25.1 Å². The van der Waals surface area contributed by atoms with Crippen molar-refractivity contribution < 1.29 is 0 Å². The lowest BCUT2D eigenvalue weighted by Gasteiger charge is -2.35. The summed E-state index contributed by atoms with van der Waals surface area (Å²) in [6.45, 7) is 7.81. The number of aromatic nitrogens is 3. The Kier molecular flexibility index (Phi) is 5.12. The van der Waals surface area contributed by atoms with Gasteiger partial charge in [-0.25, -0.2) is 0 Å². The Morgan fingerprint density at radius 2 is 1.95 bits per heavy atom. The Labute approximate surface area is 127 Å². The van der Waals surface area contributed by atoms with Crippen molar-refractivity contribution in [1.82, 2.24) is 20.3 Å². The predicted molar refractivity (Wildman–Crippen MR) is 86.3 cm³/mol. The second-order valence-electron chi connectivity index (χ2n) is 6.18. The quantitative estimate of drug-likeness (QED) is 0.851. The van der Waals surface area contributed by atoms with E-state index in [1.807, 2.05) is 13.2 Å². The van der Waals surface area contributed by atoms with E-state index in [9.17, 15) is 0 Å². The molecule has 4 nitrogen and oxygen atoms in total. The van der Waals surface area contributed by atoms with E-state index < -0.39 is 0 Å². The van der Waals surface area contributed by atoms with E-state index in [2.05, 4.69) is 66.7 Å². The Bertz CT molecular complexity index is 545. The predicted octanol–water partition coefficient (Wildman–Crippen LogP) is 2.70. The molecule has 1 aromatic carbocycles. The topological polar surface area (TPSA) is 42.7 Å². The monoisotopic (exact) mass is 286 g/mol. The summed E-state index contributed by atoms with van der Waals surface area (Å²) in [4.78, 5) is 0. The van der Waals surface area contributed by atoms with Crippen molar-refractivity contribution in [2.75, 3.05) is 6.54 Å². The van der Waals surface area contributed by atoms with Crippen molar-refractivity contribution in [3.63, 3.8) is 0 Å². The Morgan fingerprint density at radius 1 is 1.24 bits per heavy atom. The van der Waals surface area contributed by atoms with Gasteiger partial charge in [0.2, 0.25) is 0 Å². The first kappa shape index (κ1) is 15.7. The fraction of sp³-hybridized carbons (Fsp3) is 0.529. The zero-order chi connectivity index (χ0) is 15.3. The Morgan fingerprint density at radius 3 is 2.52 bits per heavy atom. The molecule has 0 spiro atoms. The highest BCUT2D eigenvalue weighted by atomic mass is 15.4. The molecule has 0 aliphatic carbocycles.